The van der Waals surface area contributed by atoms with Crippen LogP contribution in [0.15, 0.2) is 58.1 Å². The van der Waals surface area contributed by atoms with Crippen LogP contribution in [0, 0.1) is 6.92 Å². The van der Waals surface area contributed by atoms with Gasteiger partial charge in [-0.15, -0.1) is 10.2 Å². The smallest absolute Gasteiger partial charge is 0.239 e. The lowest BCUT2D eigenvalue weighted by Gasteiger charge is -2.36. The lowest BCUT2D eigenvalue weighted by Crippen LogP contribution is -2.35. The topological polar surface area (TPSA) is 102 Å². The van der Waals surface area contributed by atoms with Crippen LogP contribution in [0.2, 0.25) is 0 Å². The van der Waals surface area contributed by atoms with Crippen molar-refractivity contribution in [2.24, 2.45) is 0 Å². The molecule has 152 valence electrons. The maximum atomic E-state index is 12.1. The molecule has 2 aromatic carbocycles. The molecule has 1 unspecified atom stereocenters. The minimum absolute atomic E-state index is 0.221. The van der Waals surface area contributed by atoms with Crippen LogP contribution in [-0.2, 0) is 22.8 Å². The molecule has 0 saturated carbocycles. The highest BCUT2D eigenvalue weighted by molar-refractivity contribution is 7.90. The number of fused-ring (bicyclic) bond motifs is 2. The Labute approximate surface area is 173 Å². The van der Waals surface area contributed by atoms with E-state index in [1.54, 1.807) is 25.1 Å². The molecule has 0 fully saturated rings. The van der Waals surface area contributed by atoms with Crippen molar-refractivity contribution < 1.29 is 12.8 Å². The summed E-state index contributed by atoms with van der Waals surface area (Å²) in [7, 11) is -3.37. The second-order valence-corrected chi connectivity index (χ2v) is 9.44. The SMILES string of the molecule is Cc1nnc(C2Cc3ccccc3CN2c2ncnc3ccc(S(C)(=O)=O)cc23)o1. The number of hydrogen-bond donors (Lipinski definition) is 0. The van der Waals surface area contributed by atoms with Gasteiger partial charge in [0.2, 0.25) is 11.8 Å². The van der Waals surface area contributed by atoms with Gasteiger partial charge in [0, 0.05) is 31.5 Å². The first-order valence-electron chi connectivity index (χ1n) is 9.48. The first kappa shape index (κ1) is 18.7. The fourth-order valence-corrected chi connectivity index (χ4v) is 4.54. The van der Waals surface area contributed by atoms with Crippen molar-refractivity contribution in [1.82, 2.24) is 20.2 Å². The molecule has 9 heteroatoms. The van der Waals surface area contributed by atoms with Crippen molar-refractivity contribution in [2.45, 2.75) is 30.8 Å². The zero-order valence-corrected chi connectivity index (χ0v) is 17.3. The molecule has 1 aliphatic rings. The average molecular weight is 421 g/mol. The number of sulfone groups is 1. The minimum atomic E-state index is -3.37. The van der Waals surface area contributed by atoms with Gasteiger partial charge >= 0.3 is 0 Å². The Morgan fingerprint density at radius 1 is 1.07 bits per heavy atom. The standard InChI is InChI=1S/C21H19N5O3S/c1-13-24-25-21(29-13)19-9-14-5-3-4-6-15(14)11-26(19)20-17-10-16(30(2,27)28)7-8-18(17)22-12-23-20/h3-8,10,12,19H,9,11H2,1-2H3. The molecule has 1 aliphatic heterocycles. The summed E-state index contributed by atoms with van der Waals surface area (Å²) in [5, 5.41) is 8.92. The predicted octanol–water partition coefficient (Wildman–Crippen LogP) is 3.03. The maximum Gasteiger partial charge on any atom is 0.239 e. The van der Waals surface area contributed by atoms with E-state index >= 15 is 0 Å². The molecule has 0 bridgehead atoms. The highest BCUT2D eigenvalue weighted by atomic mass is 32.2. The lowest BCUT2D eigenvalue weighted by molar-refractivity contribution is 0.403. The summed E-state index contributed by atoms with van der Waals surface area (Å²) < 4.78 is 30.0. The molecule has 0 amide bonds. The summed E-state index contributed by atoms with van der Waals surface area (Å²) in [6.07, 6.45) is 3.36. The van der Waals surface area contributed by atoms with Gasteiger partial charge in [-0.05, 0) is 29.3 Å². The molecular formula is C21H19N5O3S. The predicted molar refractivity (Wildman–Crippen MR) is 111 cm³/mol. The van der Waals surface area contributed by atoms with Crippen molar-refractivity contribution in [3.63, 3.8) is 0 Å². The van der Waals surface area contributed by atoms with Gasteiger partial charge in [0.05, 0.1) is 10.4 Å². The molecule has 0 saturated heterocycles. The Balaban J connectivity index is 1.71. The van der Waals surface area contributed by atoms with E-state index in [0.717, 1.165) is 0 Å². The number of rotatable bonds is 3. The zero-order chi connectivity index (χ0) is 20.9. The lowest BCUT2D eigenvalue weighted by atomic mass is 9.93. The molecule has 8 nitrogen and oxygen atoms in total. The summed E-state index contributed by atoms with van der Waals surface area (Å²) in [4.78, 5) is 11.2. The zero-order valence-electron chi connectivity index (χ0n) is 16.5. The third-order valence-electron chi connectivity index (χ3n) is 5.36. The molecule has 0 radical (unpaired) electrons. The average Bonchev–Trinajstić information content (AvgIpc) is 3.17. The monoisotopic (exact) mass is 421 g/mol. The number of anilines is 1. The fourth-order valence-electron chi connectivity index (χ4n) is 3.89. The van der Waals surface area contributed by atoms with Crippen molar-refractivity contribution in [2.75, 3.05) is 11.2 Å². The molecule has 0 N–H and O–H groups in total. The van der Waals surface area contributed by atoms with E-state index in [1.807, 2.05) is 12.1 Å². The highest BCUT2D eigenvalue weighted by Crippen LogP contribution is 2.38. The van der Waals surface area contributed by atoms with E-state index in [1.165, 1.54) is 23.7 Å². The van der Waals surface area contributed by atoms with Crippen LogP contribution in [0.1, 0.15) is 29.0 Å². The van der Waals surface area contributed by atoms with Gasteiger partial charge in [0.1, 0.15) is 18.2 Å². The summed E-state index contributed by atoms with van der Waals surface area (Å²) in [6, 6.07) is 12.9. The largest absolute Gasteiger partial charge is 0.423 e. The molecule has 30 heavy (non-hydrogen) atoms. The summed E-state index contributed by atoms with van der Waals surface area (Å²) in [5.41, 5.74) is 3.06. The van der Waals surface area contributed by atoms with Gasteiger partial charge in [-0.2, -0.15) is 0 Å². The Morgan fingerprint density at radius 3 is 2.60 bits per heavy atom. The van der Waals surface area contributed by atoms with Gasteiger partial charge in [-0.25, -0.2) is 18.4 Å². The van der Waals surface area contributed by atoms with Crippen LogP contribution in [0.3, 0.4) is 0 Å². The summed E-state index contributed by atoms with van der Waals surface area (Å²) >= 11 is 0. The van der Waals surface area contributed by atoms with Crippen LogP contribution >= 0.6 is 0 Å². The van der Waals surface area contributed by atoms with Crippen molar-refractivity contribution in [3.05, 3.63) is 71.7 Å². The Bertz CT molecular complexity index is 1370. The van der Waals surface area contributed by atoms with E-state index in [4.69, 9.17) is 4.42 Å². The van der Waals surface area contributed by atoms with Crippen LogP contribution in [0.5, 0.6) is 0 Å². The number of benzene rings is 2. The number of aryl methyl sites for hydroxylation is 1. The van der Waals surface area contributed by atoms with Crippen LogP contribution < -0.4 is 4.90 Å². The number of hydrogen-bond acceptors (Lipinski definition) is 8. The molecule has 0 spiro atoms. The van der Waals surface area contributed by atoms with Gasteiger partial charge < -0.3 is 9.32 Å². The van der Waals surface area contributed by atoms with E-state index < -0.39 is 9.84 Å². The Kier molecular flexibility index (Phi) is 4.28. The molecule has 5 rings (SSSR count). The van der Waals surface area contributed by atoms with E-state index in [2.05, 4.69) is 37.2 Å². The van der Waals surface area contributed by atoms with Crippen LogP contribution in [0.25, 0.3) is 10.9 Å². The third kappa shape index (κ3) is 3.21. The van der Waals surface area contributed by atoms with E-state index in [0.29, 0.717) is 41.5 Å². The molecular weight excluding hydrogens is 402 g/mol. The van der Waals surface area contributed by atoms with Crippen LogP contribution in [-0.4, -0.2) is 34.8 Å². The molecule has 3 heterocycles. The first-order valence-corrected chi connectivity index (χ1v) is 11.4. The number of nitrogens with zero attached hydrogens (tertiary/aromatic N) is 5. The third-order valence-corrected chi connectivity index (χ3v) is 6.47. The maximum absolute atomic E-state index is 12.1. The molecule has 4 aromatic rings. The first-order chi connectivity index (χ1) is 14.4. The van der Waals surface area contributed by atoms with E-state index in [-0.39, 0.29) is 10.9 Å². The second-order valence-electron chi connectivity index (χ2n) is 7.42. The minimum Gasteiger partial charge on any atom is -0.423 e. The van der Waals surface area contributed by atoms with Gasteiger partial charge in [0.25, 0.3) is 0 Å². The van der Waals surface area contributed by atoms with Gasteiger partial charge in [0.15, 0.2) is 9.84 Å². The highest BCUT2D eigenvalue weighted by Gasteiger charge is 2.33. The molecule has 1 atom stereocenters. The Morgan fingerprint density at radius 2 is 1.87 bits per heavy atom. The molecule has 2 aromatic heterocycles. The quantitative estimate of drug-likeness (QED) is 0.497. The van der Waals surface area contributed by atoms with Crippen molar-refractivity contribution >= 4 is 26.6 Å². The molecule has 0 aliphatic carbocycles. The van der Waals surface area contributed by atoms with Gasteiger partial charge in [-0.1, -0.05) is 24.3 Å². The normalized spacial score (nSPS) is 16.6. The van der Waals surface area contributed by atoms with Crippen molar-refractivity contribution in [3.8, 4) is 0 Å². The summed E-state index contributed by atoms with van der Waals surface area (Å²) in [5.74, 6) is 1.64. The van der Waals surface area contributed by atoms with Crippen molar-refractivity contribution in [1.29, 1.82) is 0 Å². The summed E-state index contributed by atoms with van der Waals surface area (Å²) in [6.45, 7) is 2.34. The second kappa shape index (κ2) is 6.88. The Hall–Kier alpha value is -3.33. The van der Waals surface area contributed by atoms with Crippen LogP contribution in [0.4, 0.5) is 5.82 Å². The number of aromatic nitrogens is 4. The van der Waals surface area contributed by atoms with E-state index in [9.17, 15) is 8.42 Å². The fraction of sp³-hybridized carbons (Fsp3) is 0.238. The van der Waals surface area contributed by atoms with Gasteiger partial charge in [-0.3, -0.25) is 0 Å².